The summed E-state index contributed by atoms with van der Waals surface area (Å²) >= 11 is 0. The van der Waals surface area contributed by atoms with Gasteiger partial charge in [-0.25, -0.2) is 4.39 Å². The first-order chi connectivity index (χ1) is 11.2. The number of nitrogens with one attached hydrogen (secondary N) is 1. The third-order valence-corrected chi connectivity index (χ3v) is 4.30. The fourth-order valence-corrected chi connectivity index (χ4v) is 3.00. The molecule has 1 heterocycles. The van der Waals surface area contributed by atoms with E-state index in [4.69, 9.17) is 0 Å². The molecule has 1 fully saturated rings. The number of rotatable bonds is 5. The maximum atomic E-state index is 13.6. The van der Waals surface area contributed by atoms with Crippen molar-refractivity contribution in [1.29, 1.82) is 0 Å². The summed E-state index contributed by atoms with van der Waals surface area (Å²) in [7, 11) is 0. The quantitative estimate of drug-likeness (QED) is 0.920. The summed E-state index contributed by atoms with van der Waals surface area (Å²) in [5.74, 6) is -0.265. The Morgan fingerprint density at radius 3 is 2.65 bits per heavy atom. The third kappa shape index (κ3) is 4.17. The summed E-state index contributed by atoms with van der Waals surface area (Å²) in [6.45, 7) is 2.81. The van der Waals surface area contributed by atoms with Crippen LogP contribution in [0.2, 0.25) is 0 Å². The lowest BCUT2D eigenvalue weighted by Gasteiger charge is -2.16. The van der Waals surface area contributed by atoms with Gasteiger partial charge >= 0.3 is 0 Å². The SMILES string of the molecule is O=C(NCc1ccccc1F)C1CCN(Cc2ccccc2)C1. The van der Waals surface area contributed by atoms with E-state index < -0.39 is 0 Å². The second-order valence-corrected chi connectivity index (χ2v) is 6.02. The van der Waals surface area contributed by atoms with Crippen LogP contribution in [0, 0.1) is 11.7 Å². The van der Waals surface area contributed by atoms with Crippen molar-refractivity contribution >= 4 is 5.91 Å². The number of halogens is 1. The molecule has 1 unspecified atom stereocenters. The molecule has 0 spiro atoms. The number of nitrogens with zero attached hydrogens (tertiary/aromatic N) is 1. The Kier molecular flexibility index (Phi) is 5.03. The molecule has 2 aromatic rings. The van der Waals surface area contributed by atoms with Crippen LogP contribution in [0.3, 0.4) is 0 Å². The van der Waals surface area contributed by atoms with Crippen LogP contribution < -0.4 is 5.32 Å². The minimum atomic E-state index is -0.273. The van der Waals surface area contributed by atoms with E-state index >= 15 is 0 Å². The van der Waals surface area contributed by atoms with Crippen LogP contribution in [0.4, 0.5) is 4.39 Å². The van der Waals surface area contributed by atoms with E-state index in [9.17, 15) is 9.18 Å². The van der Waals surface area contributed by atoms with E-state index in [0.717, 1.165) is 26.1 Å². The number of carbonyl (C=O) groups is 1. The van der Waals surface area contributed by atoms with Gasteiger partial charge in [0, 0.05) is 25.2 Å². The fraction of sp³-hybridized carbons (Fsp3) is 0.316. The Morgan fingerprint density at radius 2 is 1.87 bits per heavy atom. The Hall–Kier alpha value is -2.20. The van der Waals surface area contributed by atoms with Gasteiger partial charge in [-0.15, -0.1) is 0 Å². The van der Waals surface area contributed by atoms with Crippen molar-refractivity contribution in [3.63, 3.8) is 0 Å². The van der Waals surface area contributed by atoms with Gasteiger partial charge in [-0.1, -0.05) is 48.5 Å². The highest BCUT2D eigenvalue weighted by atomic mass is 19.1. The van der Waals surface area contributed by atoms with E-state index in [-0.39, 0.29) is 24.2 Å². The third-order valence-electron chi connectivity index (χ3n) is 4.30. The number of amides is 1. The smallest absolute Gasteiger partial charge is 0.224 e. The van der Waals surface area contributed by atoms with Gasteiger partial charge in [-0.05, 0) is 24.6 Å². The van der Waals surface area contributed by atoms with Crippen molar-refractivity contribution in [3.05, 3.63) is 71.5 Å². The molecule has 0 saturated carbocycles. The lowest BCUT2D eigenvalue weighted by molar-refractivity contribution is -0.124. The van der Waals surface area contributed by atoms with E-state index in [1.165, 1.54) is 11.6 Å². The Bertz CT molecular complexity index is 659. The van der Waals surface area contributed by atoms with Crippen LogP contribution in [-0.2, 0) is 17.9 Å². The standard InChI is InChI=1S/C19H21FN2O/c20-18-9-5-4-8-16(18)12-21-19(23)17-10-11-22(14-17)13-15-6-2-1-3-7-15/h1-9,17H,10-14H2,(H,21,23). The molecule has 23 heavy (non-hydrogen) atoms. The topological polar surface area (TPSA) is 32.3 Å². The van der Waals surface area contributed by atoms with Crippen LogP contribution >= 0.6 is 0 Å². The van der Waals surface area contributed by atoms with E-state index in [0.29, 0.717) is 5.56 Å². The molecule has 2 aromatic carbocycles. The Labute approximate surface area is 136 Å². The van der Waals surface area contributed by atoms with E-state index in [1.807, 2.05) is 18.2 Å². The Morgan fingerprint density at radius 1 is 1.13 bits per heavy atom. The lowest BCUT2D eigenvalue weighted by Crippen LogP contribution is -2.32. The average Bonchev–Trinajstić information content (AvgIpc) is 3.03. The van der Waals surface area contributed by atoms with Crippen LogP contribution in [0.5, 0.6) is 0 Å². The second-order valence-electron chi connectivity index (χ2n) is 6.02. The first-order valence-electron chi connectivity index (χ1n) is 8.00. The average molecular weight is 312 g/mol. The molecular formula is C19H21FN2O. The summed E-state index contributed by atoms with van der Waals surface area (Å²) in [5, 5.41) is 2.86. The Balaban J connectivity index is 1.49. The van der Waals surface area contributed by atoms with Gasteiger partial charge in [-0.2, -0.15) is 0 Å². The lowest BCUT2D eigenvalue weighted by atomic mass is 10.1. The number of hydrogen-bond donors (Lipinski definition) is 1. The zero-order chi connectivity index (χ0) is 16.1. The van der Waals surface area contributed by atoms with Gasteiger partial charge in [0.15, 0.2) is 0 Å². The fourth-order valence-electron chi connectivity index (χ4n) is 3.00. The first kappa shape index (κ1) is 15.7. The molecule has 3 nitrogen and oxygen atoms in total. The summed E-state index contributed by atoms with van der Waals surface area (Å²) in [4.78, 5) is 14.6. The molecule has 1 saturated heterocycles. The predicted molar refractivity (Wildman–Crippen MR) is 88.1 cm³/mol. The summed E-state index contributed by atoms with van der Waals surface area (Å²) in [6, 6.07) is 16.8. The van der Waals surface area contributed by atoms with E-state index in [1.54, 1.807) is 18.2 Å². The zero-order valence-electron chi connectivity index (χ0n) is 13.0. The van der Waals surface area contributed by atoms with Crippen molar-refractivity contribution in [3.8, 4) is 0 Å². The van der Waals surface area contributed by atoms with Crippen LogP contribution in [0.1, 0.15) is 17.5 Å². The predicted octanol–water partition coefficient (Wildman–Crippen LogP) is 2.96. The van der Waals surface area contributed by atoms with Crippen molar-refractivity contribution in [2.45, 2.75) is 19.5 Å². The molecule has 0 aliphatic carbocycles. The molecule has 4 heteroatoms. The van der Waals surface area contributed by atoms with E-state index in [2.05, 4.69) is 22.3 Å². The van der Waals surface area contributed by atoms with Crippen molar-refractivity contribution in [2.75, 3.05) is 13.1 Å². The van der Waals surface area contributed by atoms with Crippen LogP contribution in [0.25, 0.3) is 0 Å². The largest absolute Gasteiger partial charge is 0.352 e. The van der Waals surface area contributed by atoms with Gasteiger partial charge in [0.25, 0.3) is 0 Å². The monoisotopic (exact) mass is 312 g/mol. The zero-order valence-corrected chi connectivity index (χ0v) is 13.0. The summed E-state index contributed by atoms with van der Waals surface area (Å²) < 4.78 is 13.6. The van der Waals surface area contributed by atoms with Gasteiger partial charge in [0.05, 0.1) is 5.92 Å². The number of carbonyl (C=O) groups excluding carboxylic acids is 1. The number of benzene rings is 2. The van der Waals surface area contributed by atoms with Gasteiger partial charge in [0.2, 0.25) is 5.91 Å². The minimum Gasteiger partial charge on any atom is -0.352 e. The highest BCUT2D eigenvalue weighted by Gasteiger charge is 2.28. The first-order valence-corrected chi connectivity index (χ1v) is 8.00. The van der Waals surface area contributed by atoms with Gasteiger partial charge in [0.1, 0.15) is 5.82 Å². The number of likely N-dealkylation sites (tertiary alicyclic amines) is 1. The molecule has 1 N–H and O–H groups in total. The van der Waals surface area contributed by atoms with Crippen molar-refractivity contribution in [2.24, 2.45) is 5.92 Å². The highest BCUT2D eigenvalue weighted by Crippen LogP contribution is 2.19. The summed E-state index contributed by atoms with van der Waals surface area (Å²) in [6.07, 6.45) is 0.857. The molecule has 3 rings (SSSR count). The highest BCUT2D eigenvalue weighted by molar-refractivity contribution is 5.79. The maximum absolute atomic E-state index is 13.6. The molecule has 120 valence electrons. The molecule has 1 atom stereocenters. The molecule has 0 bridgehead atoms. The molecule has 1 amide bonds. The second kappa shape index (κ2) is 7.38. The molecule has 1 aliphatic rings. The molecule has 1 aliphatic heterocycles. The molecular weight excluding hydrogens is 291 g/mol. The van der Waals surface area contributed by atoms with Gasteiger partial charge < -0.3 is 5.32 Å². The maximum Gasteiger partial charge on any atom is 0.224 e. The van der Waals surface area contributed by atoms with Crippen LogP contribution in [0.15, 0.2) is 54.6 Å². The normalized spacial score (nSPS) is 18.0. The number of hydrogen-bond acceptors (Lipinski definition) is 2. The van der Waals surface area contributed by atoms with Crippen LogP contribution in [-0.4, -0.2) is 23.9 Å². The molecule has 0 aromatic heterocycles. The molecule has 0 radical (unpaired) electrons. The van der Waals surface area contributed by atoms with Crippen molar-refractivity contribution < 1.29 is 9.18 Å². The van der Waals surface area contributed by atoms with Crippen molar-refractivity contribution in [1.82, 2.24) is 10.2 Å². The summed E-state index contributed by atoms with van der Waals surface area (Å²) in [5.41, 5.74) is 1.79. The van der Waals surface area contributed by atoms with Gasteiger partial charge in [-0.3, -0.25) is 9.69 Å². The minimum absolute atomic E-state index is 0.00881.